The third-order valence-electron chi connectivity index (χ3n) is 1.97. The molecule has 0 unspecified atom stereocenters. The molecule has 0 bridgehead atoms. The van der Waals surface area contributed by atoms with Gasteiger partial charge in [-0.05, 0) is 32.6 Å². The molecule has 0 saturated heterocycles. The van der Waals surface area contributed by atoms with Gasteiger partial charge in [0.25, 0.3) is 0 Å². The molecule has 0 amide bonds. The molecule has 0 heterocycles. The van der Waals surface area contributed by atoms with Crippen LogP contribution in [0.2, 0.25) is 0 Å². The Morgan fingerprint density at radius 1 is 1.56 bits per heavy atom. The molecule has 0 aliphatic heterocycles. The lowest BCUT2D eigenvalue weighted by atomic mass is 9.79. The van der Waals surface area contributed by atoms with Gasteiger partial charge in [-0.1, -0.05) is 12.2 Å². The highest BCUT2D eigenvalue weighted by Gasteiger charge is 2.35. The van der Waals surface area contributed by atoms with Gasteiger partial charge in [-0.2, -0.15) is 0 Å². The van der Waals surface area contributed by atoms with Crippen LogP contribution < -0.4 is 0 Å². The van der Waals surface area contributed by atoms with E-state index in [1.54, 1.807) is 0 Å². The second-order valence-electron chi connectivity index (χ2n) is 2.78. The lowest BCUT2D eigenvalue weighted by molar-refractivity contribution is 0.0671. The summed E-state index contributed by atoms with van der Waals surface area (Å²) >= 11 is 0. The fourth-order valence-electron chi connectivity index (χ4n) is 1.09. The molecule has 0 radical (unpaired) electrons. The molecule has 0 aromatic heterocycles. The first kappa shape index (κ1) is 6.79. The molecular formula is C8H13F. The van der Waals surface area contributed by atoms with E-state index in [4.69, 9.17) is 0 Å². The van der Waals surface area contributed by atoms with Gasteiger partial charge in [-0.3, -0.25) is 0 Å². The first-order chi connectivity index (χ1) is 4.27. The summed E-state index contributed by atoms with van der Waals surface area (Å²) < 4.78 is 13.0. The molecule has 0 N–H and O–H groups in total. The Kier molecular flexibility index (Phi) is 1.89. The number of hydrogen-bond donors (Lipinski definition) is 0. The zero-order valence-electron chi connectivity index (χ0n) is 5.86. The fraction of sp³-hybridized carbons (Fsp3) is 0.750. The van der Waals surface area contributed by atoms with Gasteiger partial charge >= 0.3 is 0 Å². The van der Waals surface area contributed by atoms with Gasteiger partial charge in [-0.15, -0.1) is 0 Å². The molecule has 1 fully saturated rings. The smallest absolute Gasteiger partial charge is 0.114 e. The number of alkyl halides is 1. The highest BCUT2D eigenvalue weighted by Crippen LogP contribution is 2.38. The summed E-state index contributed by atoms with van der Waals surface area (Å²) in [4.78, 5) is 0. The average Bonchev–Trinajstić information content (AvgIpc) is 1.79. The summed E-state index contributed by atoms with van der Waals surface area (Å²) in [7, 11) is 0. The molecule has 0 atom stereocenters. The minimum absolute atomic E-state index is 0.628. The van der Waals surface area contributed by atoms with Crippen LogP contribution in [-0.4, -0.2) is 5.67 Å². The highest BCUT2D eigenvalue weighted by molar-refractivity contribution is 4.95. The van der Waals surface area contributed by atoms with E-state index in [-0.39, 0.29) is 0 Å². The predicted molar refractivity (Wildman–Crippen MR) is 37.1 cm³/mol. The zero-order valence-corrected chi connectivity index (χ0v) is 5.86. The SMILES string of the molecule is C/C=C/CC1(F)CCC1. The Balaban J connectivity index is 2.24. The zero-order chi connectivity index (χ0) is 6.74. The van der Waals surface area contributed by atoms with Gasteiger partial charge < -0.3 is 0 Å². The predicted octanol–water partition coefficient (Wildman–Crippen LogP) is 2.84. The Morgan fingerprint density at radius 3 is 2.56 bits per heavy atom. The van der Waals surface area contributed by atoms with Crippen molar-refractivity contribution >= 4 is 0 Å². The van der Waals surface area contributed by atoms with E-state index in [0.29, 0.717) is 6.42 Å². The number of hydrogen-bond acceptors (Lipinski definition) is 0. The summed E-state index contributed by atoms with van der Waals surface area (Å²) in [6.45, 7) is 1.93. The van der Waals surface area contributed by atoms with Crippen molar-refractivity contribution in [2.24, 2.45) is 0 Å². The van der Waals surface area contributed by atoms with Crippen LogP contribution in [-0.2, 0) is 0 Å². The highest BCUT2D eigenvalue weighted by atomic mass is 19.1. The molecule has 0 aromatic rings. The van der Waals surface area contributed by atoms with E-state index in [2.05, 4.69) is 0 Å². The molecule has 9 heavy (non-hydrogen) atoms. The first-order valence-corrected chi connectivity index (χ1v) is 3.57. The van der Waals surface area contributed by atoms with Crippen molar-refractivity contribution in [1.29, 1.82) is 0 Å². The van der Waals surface area contributed by atoms with Crippen LogP contribution in [0.4, 0.5) is 4.39 Å². The summed E-state index contributed by atoms with van der Waals surface area (Å²) in [6, 6.07) is 0. The molecule has 1 saturated carbocycles. The van der Waals surface area contributed by atoms with Crippen molar-refractivity contribution in [2.75, 3.05) is 0 Å². The molecule has 1 rings (SSSR count). The Bertz CT molecular complexity index is 112. The fourth-order valence-corrected chi connectivity index (χ4v) is 1.09. The van der Waals surface area contributed by atoms with E-state index in [0.717, 1.165) is 19.3 Å². The normalized spacial score (nSPS) is 24.2. The van der Waals surface area contributed by atoms with Gasteiger partial charge in [0.1, 0.15) is 5.67 Å². The Labute approximate surface area is 55.8 Å². The van der Waals surface area contributed by atoms with Crippen LogP contribution in [0.5, 0.6) is 0 Å². The minimum atomic E-state index is -0.813. The molecule has 0 nitrogen and oxygen atoms in total. The topological polar surface area (TPSA) is 0 Å². The molecule has 52 valence electrons. The van der Waals surface area contributed by atoms with Gasteiger partial charge in [0.05, 0.1) is 0 Å². The maximum Gasteiger partial charge on any atom is 0.114 e. The van der Waals surface area contributed by atoms with E-state index in [1.165, 1.54) is 0 Å². The second-order valence-corrected chi connectivity index (χ2v) is 2.78. The van der Waals surface area contributed by atoms with Gasteiger partial charge in [-0.25, -0.2) is 4.39 Å². The van der Waals surface area contributed by atoms with Crippen LogP contribution in [0.3, 0.4) is 0 Å². The van der Waals surface area contributed by atoms with E-state index in [1.807, 2.05) is 19.1 Å². The van der Waals surface area contributed by atoms with Crippen molar-refractivity contribution in [3.63, 3.8) is 0 Å². The van der Waals surface area contributed by atoms with E-state index in [9.17, 15) is 4.39 Å². The third-order valence-corrected chi connectivity index (χ3v) is 1.97. The first-order valence-electron chi connectivity index (χ1n) is 3.57. The second kappa shape index (κ2) is 2.51. The summed E-state index contributed by atoms with van der Waals surface area (Å²) in [5, 5.41) is 0. The maximum absolute atomic E-state index is 13.0. The van der Waals surface area contributed by atoms with Crippen molar-refractivity contribution in [3.05, 3.63) is 12.2 Å². The molecule has 1 heteroatoms. The van der Waals surface area contributed by atoms with Gasteiger partial charge in [0.15, 0.2) is 0 Å². The van der Waals surface area contributed by atoms with Crippen molar-refractivity contribution in [3.8, 4) is 0 Å². The third kappa shape index (κ3) is 1.54. The Morgan fingerprint density at radius 2 is 2.22 bits per heavy atom. The lowest BCUT2D eigenvalue weighted by Crippen LogP contribution is -2.30. The molecule has 0 aromatic carbocycles. The minimum Gasteiger partial charge on any atom is -0.244 e. The van der Waals surface area contributed by atoms with E-state index >= 15 is 0 Å². The van der Waals surface area contributed by atoms with E-state index < -0.39 is 5.67 Å². The van der Waals surface area contributed by atoms with Crippen molar-refractivity contribution < 1.29 is 4.39 Å². The van der Waals surface area contributed by atoms with Crippen LogP contribution in [0.1, 0.15) is 32.6 Å². The molecule has 1 aliphatic rings. The quantitative estimate of drug-likeness (QED) is 0.501. The van der Waals surface area contributed by atoms with Crippen molar-refractivity contribution in [2.45, 2.75) is 38.3 Å². The summed E-state index contributed by atoms with van der Waals surface area (Å²) in [5.74, 6) is 0. The van der Waals surface area contributed by atoms with Gasteiger partial charge in [0, 0.05) is 0 Å². The van der Waals surface area contributed by atoms with Crippen LogP contribution >= 0.6 is 0 Å². The largest absolute Gasteiger partial charge is 0.244 e. The van der Waals surface area contributed by atoms with Gasteiger partial charge in [0.2, 0.25) is 0 Å². The summed E-state index contributed by atoms with van der Waals surface area (Å²) in [5.41, 5.74) is -0.813. The molecule has 0 spiro atoms. The monoisotopic (exact) mass is 128 g/mol. The van der Waals surface area contributed by atoms with Crippen LogP contribution in [0.15, 0.2) is 12.2 Å². The number of rotatable bonds is 2. The number of halogens is 1. The van der Waals surface area contributed by atoms with Crippen LogP contribution in [0.25, 0.3) is 0 Å². The summed E-state index contributed by atoms with van der Waals surface area (Å²) in [6.07, 6.45) is 7.09. The maximum atomic E-state index is 13.0. The lowest BCUT2D eigenvalue weighted by Gasteiger charge is -2.32. The van der Waals surface area contributed by atoms with Crippen LogP contribution in [0, 0.1) is 0 Å². The molecule has 1 aliphatic carbocycles. The van der Waals surface area contributed by atoms with Crippen molar-refractivity contribution in [1.82, 2.24) is 0 Å². The standard InChI is InChI=1S/C8H13F/c1-2-3-5-8(9)6-4-7-8/h2-3H,4-7H2,1H3/b3-2+. The number of allylic oxidation sites excluding steroid dienone is 2. The average molecular weight is 128 g/mol. The Hall–Kier alpha value is -0.330. The molecular weight excluding hydrogens is 115 g/mol.